The second-order valence-corrected chi connectivity index (χ2v) is 6.52. The van der Waals surface area contributed by atoms with Crippen LogP contribution in [0, 0.1) is 6.92 Å². The summed E-state index contributed by atoms with van der Waals surface area (Å²) in [6, 6.07) is 6.87. The second-order valence-electron chi connectivity index (χ2n) is 6.11. The first-order chi connectivity index (χ1) is 10.2. The maximum atomic E-state index is 6.23. The average Bonchev–Trinajstić information content (AvgIpc) is 2.49. The Bertz CT molecular complexity index is 389. The molecule has 0 heterocycles. The van der Waals surface area contributed by atoms with E-state index in [2.05, 4.69) is 37.4 Å². The van der Waals surface area contributed by atoms with Crippen LogP contribution in [0.1, 0.15) is 81.9 Å². The molecule has 0 aromatic heterocycles. The minimum atomic E-state index is 0.434. The maximum absolute atomic E-state index is 6.23. The molecule has 1 aromatic carbocycles. The third-order valence-corrected chi connectivity index (χ3v) is 4.70. The van der Waals surface area contributed by atoms with Gasteiger partial charge in [-0.05, 0) is 37.6 Å². The van der Waals surface area contributed by atoms with Gasteiger partial charge in [0.25, 0.3) is 0 Å². The van der Waals surface area contributed by atoms with E-state index in [0.29, 0.717) is 6.04 Å². The Balaban J connectivity index is 2.23. The van der Waals surface area contributed by atoms with Crippen LogP contribution in [0.5, 0.6) is 0 Å². The summed E-state index contributed by atoms with van der Waals surface area (Å²) in [4.78, 5) is 0. The molecule has 1 unspecified atom stereocenters. The highest BCUT2D eigenvalue weighted by Gasteiger charge is 2.09. The van der Waals surface area contributed by atoms with Gasteiger partial charge in [0, 0.05) is 11.1 Å². The molecule has 1 rings (SSSR count). The number of nitrogens with one attached hydrogen (secondary N) is 1. The smallest absolute Gasteiger partial charge is 0.0438 e. The summed E-state index contributed by atoms with van der Waals surface area (Å²) in [5.41, 5.74) is 2.47. The number of rotatable bonds is 11. The van der Waals surface area contributed by atoms with Crippen molar-refractivity contribution in [3.8, 4) is 0 Å². The van der Waals surface area contributed by atoms with Crippen molar-refractivity contribution in [3.05, 3.63) is 34.3 Å². The van der Waals surface area contributed by atoms with Crippen molar-refractivity contribution in [2.75, 3.05) is 7.05 Å². The van der Waals surface area contributed by atoms with Crippen LogP contribution in [-0.4, -0.2) is 7.05 Å². The van der Waals surface area contributed by atoms with E-state index in [-0.39, 0.29) is 0 Å². The molecular weight excluding hydrogens is 278 g/mol. The molecule has 0 saturated carbocycles. The van der Waals surface area contributed by atoms with Crippen LogP contribution in [0.25, 0.3) is 0 Å². The fraction of sp³-hybridized carbons (Fsp3) is 0.684. The zero-order chi connectivity index (χ0) is 15.5. The molecule has 2 heteroatoms. The van der Waals surface area contributed by atoms with Crippen LogP contribution >= 0.6 is 11.6 Å². The van der Waals surface area contributed by atoms with Gasteiger partial charge < -0.3 is 5.32 Å². The van der Waals surface area contributed by atoms with E-state index in [1.165, 1.54) is 63.4 Å². The molecule has 0 fully saturated rings. The molecule has 0 saturated heterocycles. The SMILES string of the molecule is CCCCCCCCCCC(NC)c1ccc(C)c(Cl)c1. The average molecular weight is 310 g/mol. The van der Waals surface area contributed by atoms with Gasteiger partial charge in [-0.15, -0.1) is 0 Å². The van der Waals surface area contributed by atoms with Crippen LogP contribution in [0.2, 0.25) is 5.02 Å². The van der Waals surface area contributed by atoms with Crippen molar-refractivity contribution in [2.45, 2.75) is 77.7 Å². The minimum absolute atomic E-state index is 0.434. The van der Waals surface area contributed by atoms with Gasteiger partial charge in [-0.1, -0.05) is 82.0 Å². The zero-order valence-electron chi connectivity index (χ0n) is 14.1. The molecule has 0 radical (unpaired) electrons. The first-order valence-corrected chi connectivity index (χ1v) is 9.00. The number of benzene rings is 1. The molecule has 120 valence electrons. The number of hydrogen-bond acceptors (Lipinski definition) is 1. The van der Waals surface area contributed by atoms with E-state index >= 15 is 0 Å². The summed E-state index contributed by atoms with van der Waals surface area (Å²) in [6.07, 6.45) is 12.2. The number of hydrogen-bond donors (Lipinski definition) is 1. The Labute approximate surface area is 136 Å². The normalized spacial score (nSPS) is 12.6. The van der Waals surface area contributed by atoms with Crippen molar-refractivity contribution in [1.82, 2.24) is 5.32 Å². The first kappa shape index (κ1) is 18.5. The predicted molar refractivity (Wildman–Crippen MR) is 95.2 cm³/mol. The van der Waals surface area contributed by atoms with E-state index in [4.69, 9.17) is 11.6 Å². The summed E-state index contributed by atoms with van der Waals surface area (Å²) < 4.78 is 0. The topological polar surface area (TPSA) is 12.0 Å². The van der Waals surface area contributed by atoms with Crippen molar-refractivity contribution in [2.24, 2.45) is 0 Å². The lowest BCUT2D eigenvalue weighted by molar-refractivity contribution is 0.494. The predicted octanol–water partition coefficient (Wildman–Crippen LogP) is 6.44. The van der Waals surface area contributed by atoms with Gasteiger partial charge in [0.15, 0.2) is 0 Å². The summed E-state index contributed by atoms with van der Waals surface area (Å²) in [5, 5.41) is 4.30. The van der Waals surface area contributed by atoms with Crippen LogP contribution in [-0.2, 0) is 0 Å². The van der Waals surface area contributed by atoms with Crippen molar-refractivity contribution in [1.29, 1.82) is 0 Å². The van der Waals surface area contributed by atoms with E-state index in [9.17, 15) is 0 Å². The zero-order valence-corrected chi connectivity index (χ0v) is 14.8. The summed E-state index contributed by atoms with van der Waals surface area (Å²) in [7, 11) is 2.04. The van der Waals surface area contributed by atoms with Crippen LogP contribution in [0.3, 0.4) is 0 Å². The quantitative estimate of drug-likeness (QED) is 0.464. The Hall–Kier alpha value is -0.530. The molecule has 0 amide bonds. The molecule has 0 aliphatic carbocycles. The third kappa shape index (κ3) is 7.33. The van der Waals surface area contributed by atoms with Crippen molar-refractivity contribution >= 4 is 11.6 Å². The van der Waals surface area contributed by atoms with Gasteiger partial charge in [-0.25, -0.2) is 0 Å². The van der Waals surface area contributed by atoms with Crippen LogP contribution in [0.4, 0.5) is 0 Å². The summed E-state index contributed by atoms with van der Waals surface area (Å²) >= 11 is 6.23. The molecule has 0 aliphatic heterocycles. The van der Waals surface area contributed by atoms with Gasteiger partial charge in [0.2, 0.25) is 0 Å². The molecule has 0 spiro atoms. The molecule has 0 bridgehead atoms. The van der Waals surface area contributed by atoms with E-state index in [1.807, 2.05) is 7.05 Å². The standard InChI is InChI=1S/C19H32ClN/c1-4-5-6-7-8-9-10-11-12-19(21-3)17-14-13-16(2)18(20)15-17/h13-15,19,21H,4-12H2,1-3H3. The fourth-order valence-electron chi connectivity index (χ4n) is 2.79. The summed E-state index contributed by atoms with van der Waals surface area (Å²) in [6.45, 7) is 4.33. The Morgan fingerprint density at radius 1 is 1.00 bits per heavy atom. The van der Waals surface area contributed by atoms with Gasteiger partial charge in [-0.3, -0.25) is 0 Å². The highest BCUT2D eigenvalue weighted by atomic mass is 35.5. The maximum Gasteiger partial charge on any atom is 0.0438 e. The van der Waals surface area contributed by atoms with E-state index < -0.39 is 0 Å². The largest absolute Gasteiger partial charge is 0.313 e. The molecular formula is C19H32ClN. The van der Waals surface area contributed by atoms with Gasteiger partial charge >= 0.3 is 0 Å². The summed E-state index contributed by atoms with van der Waals surface area (Å²) in [5.74, 6) is 0. The second kappa shape index (κ2) is 11.1. The van der Waals surface area contributed by atoms with E-state index in [0.717, 1.165) is 10.6 Å². The number of halogens is 1. The Morgan fingerprint density at radius 2 is 1.62 bits per heavy atom. The lowest BCUT2D eigenvalue weighted by Gasteiger charge is -2.17. The van der Waals surface area contributed by atoms with Gasteiger partial charge in [0.05, 0.1) is 0 Å². The van der Waals surface area contributed by atoms with Gasteiger partial charge in [-0.2, -0.15) is 0 Å². The van der Waals surface area contributed by atoms with Crippen LogP contribution in [0.15, 0.2) is 18.2 Å². The molecule has 21 heavy (non-hydrogen) atoms. The molecule has 0 aliphatic rings. The Morgan fingerprint density at radius 3 is 2.19 bits per heavy atom. The molecule has 1 aromatic rings. The lowest BCUT2D eigenvalue weighted by Crippen LogP contribution is -2.16. The highest BCUT2D eigenvalue weighted by molar-refractivity contribution is 6.31. The van der Waals surface area contributed by atoms with Gasteiger partial charge in [0.1, 0.15) is 0 Å². The first-order valence-electron chi connectivity index (χ1n) is 8.62. The monoisotopic (exact) mass is 309 g/mol. The van der Waals surface area contributed by atoms with Crippen molar-refractivity contribution in [3.63, 3.8) is 0 Å². The minimum Gasteiger partial charge on any atom is -0.313 e. The van der Waals surface area contributed by atoms with Crippen molar-refractivity contribution < 1.29 is 0 Å². The highest BCUT2D eigenvalue weighted by Crippen LogP contribution is 2.25. The number of unbranched alkanes of at least 4 members (excludes halogenated alkanes) is 7. The molecule has 1 nitrogen and oxygen atoms in total. The van der Waals surface area contributed by atoms with Crippen LogP contribution < -0.4 is 5.32 Å². The fourth-order valence-corrected chi connectivity index (χ4v) is 2.97. The molecule has 1 atom stereocenters. The third-order valence-electron chi connectivity index (χ3n) is 4.29. The Kier molecular flexibility index (Phi) is 9.78. The molecule has 1 N–H and O–H groups in total. The lowest BCUT2D eigenvalue weighted by atomic mass is 9.98. The number of aryl methyl sites for hydroxylation is 1. The van der Waals surface area contributed by atoms with E-state index in [1.54, 1.807) is 0 Å².